The molecule has 0 spiro atoms. The Balaban J connectivity index is 2.01. The molecule has 17 heavy (non-hydrogen) atoms. The van der Waals surface area contributed by atoms with Gasteiger partial charge >= 0.3 is 6.03 Å². The molecule has 0 radical (unpaired) electrons. The maximum Gasteiger partial charge on any atom is 0.323 e. The lowest BCUT2D eigenvalue weighted by molar-refractivity contribution is 0.262. The quantitative estimate of drug-likeness (QED) is 0.834. The summed E-state index contributed by atoms with van der Waals surface area (Å²) in [6.45, 7) is 0. The summed E-state index contributed by atoms with van der Waals surface area (Å²) in [5, 5.41) is 4.97. The van der Waals surface area contributed by atoms with Crippen LogP contribution in [0.25, 0.3) is 0 Å². The van der Waals surface area contributed by atoms with E-state index >= 15 is 0 Å². The molecule has 0 atom stereocenters. The first-order valence-corrected chi connectivity index (χ1v) is 4.98. The first-order valence-electron chi connectivity index (χ1n) is 4.98. The van der Waals surface area contributed by atoms with Gasteiger partial charge in [-0.05, 0) is 18.2 Å². The second-order valence-corrected chi connectivity index (χ2v) is 3.30. The van der Waals surface area contributed by atoms with E-state index in [0.29, 0.717) is 5.69 Å². The Morgan fingerprint density at radius 2 is 1.88 bits per heavy atom. The van der Waals surface area contributed by atoms with Gasteiger partial charge in [0.2, 0.25) is 0 Å². The highest BCUT2D eigenvalue weighted by Crippen LogP contribution is 2.12. The van der Waals surface area contributed by atoms with E-state index in [1.807, 2.05) is 6.07 Å². The van der Waals surface area contributed by atoms with Gasteiger partial charge in [-0.25, -0.2) is 9.18 Å². The van der Waals surface area contributed by atoms with Gasteiger partial charge in [-0.15, -0.1) is 0 Å². The lowest BCUT2D eigenvalue weighted by Gasteiger charge is -2.07. The van der Waals surface area contributed by atoms with Crippen LogP contribution in [0.3, 0.4) is 0 Å². The summed E-state index contributed by atoms with van der Waals surface area (Å²) in [5.74, 6) is -0.573. The molecule has 4 nitrogen and oxygen atoms in total. The zero-order valence-electron chi connectivity index (χ0n) is 8.85. The largest absolute Gasteiger partial charge is 0.323 e. The second kappa shape index (κ2) is 5.07. The SMILES string of the molecule is O=C(Nc1ccccc1)Nc1ccncc1F. The first kappa shape index (κ1) is 11.1. The minimum absolute atomic E-state index is 0.0911. The highest BCUT2D eigenvalue weighted by molar-refractivity contribution is 5.99. The third-order valence-corrected chi connectivity index (χ3v) is 2.05. The topological polar surface area (TPSA) is 54.0 Å². The van der Waals surface area contributed by atoms with E-state index < -0.39 is 11.8 Å². The van der Waals surface area contributed by atoms with Crippen LogP contribution in [0, 0.1) is 5.82 Å². The molecule has 2 rings (SSSR count). The molecule has 5 heteroatoms. The molecule has 1 heterocycles. The van der Waals surface area contributed by atoms with Crippen LogP contribution in [-0.2, 0) is 0 Å². The van der Waals surface area contributed by atoms with Gasteiger partial charge in [-0.3, -0.25) is 4.98 Å². The Hall–Kier alpha value is -2.43. The summed E-state index contributed by atoms with van der Waals surface area (Å²) >= 11 is 0. The van der Waals surface area contributed by atoms with Crippen LogP contribution in [0.1, 0.15) is 0 Å². The number of nitrogens with zero attached hydrogens (tertiary/aromatic N) is 1. The molecule has 1 aromatic carbocycles. The smallest absolute Gasteiger partial charge is 0.308 e. The van der Waals surface area contributed by atoms with Crippen LogP contribution in [0.5, 0.6) is 0 Å². The van der Waals surface area contributed by atoms with Crippen LogP contribution < -0.4 is 10.6 Å². The number of amides is 2. The van der Waals surface area contributed by atoms with Gasteiger partial charge in [-0.2, -0.15) is 0 Å². The van der Waals surface area contributed by atoms with Crippen LogP contribution in [0.2, 0.25) is 0 Å². The molecule has 1 aromatic heterocycles. The maximum absolute atomic E-state index is 13.2. The molecule has 0 saturated carbocycles. The molecule has 0 aliphatic carbocycles. The number of anilines is 2. The Kier molecular flexibility index (Phi) is 3.30. The van der Waals surface area contributed by atoms with Crippen molar-refractivity contribution in [1.29, 1.82) is 0 Å². The van der Waals surface area contributed by atoms with Crippen molar-refractivity contribution in [1.82, 2.24) is 4.98 Å². The predicted molar refractivity (Wildman–Crippen MR) is 63.3 cm³/mol. The molecular weight excluding hydrogens is 221 g/mol. The zero-order chi connectivity index (χ0) is 12.1. The van der Waals surface area contributed by atoms with Crippen molar-refractivity contribution in [3.05, 3.63) is 54.6 Å². The lowest BCUT2D eigenvalue weighted by Crippen LogP contribution is -2.20. The number of para-hydroxylation sites is 1. The minimum atomic E-state index is -0.573. The molecule has 0 aliphatic heterocycles. The van der Waals surface area contributed by atoms with Gasteiger partial charge in [0.15, 0.2) is 5.82 Å². The number of halogens is 1. The number of hydrogen-bond donors (Lipinski definition) is 2. The van der Waals surface area contributed by atoms with E-state index in [2.05, 4.69) is 15.6 Å². The van der Waals surface area contributed by atoms with E-state index in [4.69, 9.17) is 0 Å². The van der Waals surface area contributed by atoms with E-state index in [1.165, 1.54) is 12.3 Å². The van der Waals surface area contributed by atoms with Crippen molar-refractivity contribution in [3.8, 4) is 0 Å². The number of carbonyl (C=O) groups excluding carboxylic acids is 1. The van der Waals surface area contributed by atoms with E-state index in [9.17, 15) is 9.18 Å². The van der Waals surface area contributed by atoms with Gasteiger partial charge in [0.25, 0.3) is 0 Å². The molecule has 2 N–H and O–H groups in total. The fourth-order valence-electron chi connectivity index (χ4n) is 1.28. The standard InChI is InChI=1S/C12H10FN3O/c13-10-8-14-7-6-11(10)16-12(17)15-9-4-2-1-3-5-9/h1-8H,(H2,14,15,16,17). The Morgan fingerprint density at radius 1 is 1.12 bits per heavy atom. The van der Waals surface area contributed by atoms with Crippen molar-refractivity contribution >= 4 is 17.4 Å². The van der Waals surface area contributed by atoms with Crippen LogP contribution in [-0.4, -0.2) is 11.0 Å². The molecule has 0 unspecified atom stereocenters. The molecule has 86 valence electrons. The molecular formula is C12H10FN3O. The van der Waals surface area contributed by atoms with Crippen LogP contribution in [0.4, 0.5) is 20.6 Å². The summed E-state index contributed by atoms with van der Waals surface area (Å²) in [5.41, 5.74) is 0.730. The fourth-order valence-corrected chi connectivity index (χ4v) is 1.28. The molecule has 0 aliphatic rings. The number of hydrogen-bond acceptors (Lipinski definition) is 2. The van der Waals surface area contributed by atoms with Gasteiger partial charge in [0.1, 0.15) is 0 Å². The average Bonchev–Trinajstić information content (AvgIpc) is 2.33. The van der Waals surface area contributed by atoms with E-state index in [-0.39, 0.29) is 5.69 Å². The summed E-state index contributed by atoms with van der Waals surface area (Å²) in [4.78, 5) is 15.1. The second-order valence-electron chi connectivity index (χ2n) is 3.30. The highest BCUT2D eigenvalue weighted by atomic mass is 19.1. The van der Waals surface area contributed by atoms with Crippen molar-refractivity contribution in [2.24, 2.45) is 0 Å². The van der Waals surface area contributed by atoms with Crippen molar-refractivity contribution < 1.29 is 9.18 Å². The number of urea groups is 1. The highest BCUT2D eigenvalue weighted by Gasteiger charge is 2.05. The van der Waals surface area contributed by atoms with Crippen molar-refractivity contribution in [2.75, 3.05) is 10.6 Å². The van der Waals surface area contributed by atoms with E-state index in [0.717, 1.165) is 6.20 Å². The van der Waals surface area contributed by atoms with Crippen LogP contribution >= 0.6 is 0 Å². The maximum atomic E-state index is 13.2. The number of aromatic nitrogens is 1. The zero-order valence-corrected chi connectivity index (χ0v) is 8.85. The molecule has 2 aromatic rings. The fraction of sp³-hybridized carbons (Fsp3) is 0. The first-order chi connectivity index (χ1) is 8.25. The normalized spacial score (nSPS) is 9.71. The number of rotatable bonds is 2. The summed E-state index contributed by atoms with van der Waals surface area (Å²) in [6.07, 6.45) is 2.44. The Bertz CT molecular complexity index is 516. The summed E-state index contributed by atoms with van der Waals surface area (Å²) in [6, 6.07) is 9.79. The third-order valence-electron chi connectivity index (χ3n) is 2.05. The summed E-state index contributed by atoms with van der Waals surface area (Å²) in [7, 11) is 0. The van der Waals surface area contributed by atoms with Gasteiger partial charge in [0, 0.05) is 11.9 Å². The number of carbonyl (C=O) groups is 1. The Morgan fingerprint density at radius 3 is 2.59 bits per heavy atom. The molecule has 0 saturated heterocycles. The molecule has 2 amide bonds. The van der Waals surface area contributed by atoms with Gasteiger partial charge in [-0.1, -0.05) is 18.2 Å². The molecule has 0 fully saturated rings. The van der Waals surface area contributed by atoms with Crippen molar-refractivity contribution in [2.45, 2.75) is 0 Å². The number of pyridine rings is 1. The number of nitrogens with one attached hydrogen (secondary N) is 2. The predicted octanol–water partition coefficient (Wildman–Crippen LogP) is 2.86. The minimum Gasteiger partial charge on any atom is -0.308 e. The lowest BCUT2D eigenvalue weighted by atomic mass is 10.3. The van der Waals surface area contributed by atoms with Gasteiger partial charge < -0.3 is 10.6 Å². The number of benzene rings is 1. The van der Waals surface area contributed by atoms with Crippen molar-refractivity contribution in [3.63, 3.8) is 0 Å². The molecule has 0 bridgehead atoms. The monoisotopic (exact) mass is 231 g/mol. The Labute approximate surface area is 97.5 Å². The third kappa shape index (κ3) is 3.01. The van der Waals surface area contributed by atoms with Crippen LogP contribution in [0.15, 0.2) is 48.8 Å². The van der Waals surface area contributed by atoms with E-state index in [1.54, 1.807) is 24.3 Å². The van der Waals surface area contributed by atoms with Gasteiger partial charge in [0.05, 0.1) is 11.9 Å². The summed E-state index contributed by atoms with van der Waals surface area (Å²) < 4.78 is 13.2. The average molecular weight is 231 g/mol.